The fraction of sp³-hybridized carbons (Fsp3) is 0.182. The maximum Gasteiger partial charge on any atom is 0.257 e. The second kappa shape index (κ2) is 7.91. The molecule has 5 nitrogen and oxygen atoms in total. The molecule has 0 bridgehead atoms. The molecule has 0 aliphatic rings. The molecular weight excluding hydrogens is 340 g/mol. The normalized spacial score (nSPS) is 10.5. The van der Waals surface area contributed by atoms with Crippen LogP contribution in [0.25, 0.3) is 0 Å². The van der Waals surface area contributed by atoms with Crippen molar-refractivity contribution in [2.24, 2.45) is 0 Å². The third kappa shape index (κ3) is 4.44. The summed E-state index contributed by atoms with van der Waals surface area (Å²) in [7, 11) is 1.61. The molecule has 0 unspecified atom stereocenters. The summed E-state index contributed by atoms with van der Waals surface area (Å²) in [5.41, 5.74) is 4.23. The first-order valence-electron chi connectivity index (χ1n) is 8.68. The van der Waals surface area contributed by atoms with Crippen molar-refractivity contribution >= 4 is 11.6 Å². The number of hydrogen-bond donors (Lipinski definition) is 1. The minimum absolute atomic E-state index is 0.159. The van der Waals surface area contributed by atoms with Gasteiger partial charge in [-0.25, -0.2) is 0 Å². The molecule has 138 valence electrons. The first-order valence-corrected chi connectivity index (χ1v) is 8.68. The van der Waals surface area contributed by atoms with E-state index in [4.69, 9.17) is 4.74 Å². The molecule has 0 aliphatic carbocycles. The van der Waals surface area contributed by atoms with Gasteiger partial charge in [-0.15, -0.1) is 0 Å². The predicted molar refractivity (Wildman–Crippen MR) is 107 cm³/mol. The fourth-order valence-electron chi connectivity index (χ4n) is 2.74. The van der Waals surface area contributed by atoms with Gasteiger partial charge in [-0.1, -0.05) is 18.2 Å². The molecule has 5 heteroatoms. The van der Waals surface area contributed by atoms with Crippen LogP contribution in [0.4, 0.5) is 5.69 Å². The molecule has 0 radical (unpaired) electrons. The minimum atomic E-state index is -0.248. The van der Waals surface area contributed by atoms with Gasteiger partial charge in [0.25, 0.3) is 11.5 Å². The molecular formula is C22H22N2O3. The van der Waals surface area contributed by atoms with Gasteiger partial charge >= 0.3 is 0 Å². The number of methoxy groups -OCH3 is 1. The van der Waals surface area contributed by atoms with Crippen molar-refractivity contribution in [3.05, 3.63) is 93.4 Å². The van der Waals surface area contributed by atoms with E-state index in [0.717, 1.165) is 22.6 Å². The van der Waals surface area contributed by atoms with Crippen LogP contribution in [0.3, 0.4) is 0 Å². The second-order valence-electron chi connectivity index (χ2n) is 6.49. The highest BCUT2D eigenvalue weighted by Crippen LogP contribution is 2.15. The van der Waals surface area contributed by atoms with E-state index < -0.39 is 0 Å². The van der Waals surface area contributed by atoms with Crippen molar-refractivity contribution in [2.75, 3.05) is 12.4 Å². The van der Waals surface area contributed by atoms with Crippen LogP contribution in [-0.2, 0) is 6.54 Å². The Bertz CT molecular complexity index is 1020. The molecule has 1 amide bonds. The van der Waals surface area contributed by atoms with E-state index in [1.807, 2.05) is 56.3 Å². The largest absolute Gasteiger partial charge is 0.497 e. The monoisotopic (exact) mass is 362 g/mol. The molecule has 0 saturated carbocycles. The van der Waals surface area contributed by atoms with Crippen molar-refractivity contribution in [3.63, 3.8) is 0 Å². The van der Waals surface area contributed by atoms with Crippen LogP contribution in [0.5, 0.6) is 5.75 Å². The number of aryl methyl sites for hydroxylation is 2. The zero-order chi connectivity index (χ0) is 19.4. The molecule has 2 aromatic carbocycles. The molecule has 3 rings (SSSR count). The van der Waals surface area contributed by atoms with Gasteiger partial charge in [0, 0.05) is 18.0 Å². The summed E-state index contributed by atoms with van der Waals surface area (Å²) >= 11 is 0. The summed E-state index contributed by atoms with van der Waals surface area (Å²) in [5, 5.41) is 2.88. The second-order valence-corrected chi connectivity index (χ2v) is 6.49. The maximum atomic E-state index is 12.6. The summed E-state index contributed by atoms with van der Waals surface area (Å²) in [6, 6.07) is 16.2. The van der Waals surface area contributed by atoms with E-state index >= 15 is 0 Å². The smallest absolute Gasteiger partial charge is 0.257 e. The zero-order valence-corrected chi connectivity index (χ0v) is 15.7. The molecule has 27 heavy (non-hydrogen) atoms. The lowest BCUT2D eigenvalue weighted by atomic mass is 10.1. The highest BCUT2D eigenvalue weighted by atomic mass is 16.5. The van der Waals surface area contributed by atoms with Crippen molar-refractivity contribution in [1.82, 2.24) is 4.57 Å². The van der Waals surface area contributed by atoms with E-state index in [1.54, 1.807) is 19.4 Å². The number of anilines is 1. The van der Waals surface area contributed by atoms with Gasteiger partial charge < -0.3 is 14.6 Å². The topological polar surface area (TPSA) is 60.3 Å². The highest BCUT2D eigenvalue weighted by Gasteiger charge is 2.09. The minimum Gasteiger partial charge on any atom is -0.497 e. The van der Waals surface area contributed by atoms with Crippen molar-refractivity contribution in [2.45, 2.75) is 20.4 Å². The molecule has 1 aromatic heterocycles. The molecule has 1 heterocycles. The summed E-state index contributed by atoms with van der Waals surface area (Å²) in [5.74, 6) is 0.509. The third-order valence-corrected chi connectivity index (χ3v) is 4.52. The van der Waals surface area contributed by atoms with Crippen LogP contribution in [-0.4, -0.2) is 17.6 Å². The highest BCUT2D eigenvalue weighted by molar-refractivity contribution is 6.04. The van der Waals surface area contributed by atoms with Gasteiger partial charge in [-0.3, -0.25) is 9.59 Å². The van der Waals surface area contributed by atoms with E-state index in [-0.39, 0.29) is 11.5 Å². The van der Waals surface area contributed by atoms with Crippen LogP contribution < -0.4 is 15.6 Å². The fourth-order valence-corrected chi connectivity index (χ4v) is 2.74. The van der Waals surface area contributed by atoms with Crippen LogP contribution in [0.15, 0.2) is 65.6 Å². The Labute approximate surface area is 158 Å². The number of ether oxygens (including phenoxy) is 1. The number of nitrogens with zero attached hydrogens (tertiary/aromatic N) is 1. The van der Waals surface area contributed by atoms with Crippen molar-refractivity contribution in [3.8, 4) is 5.75 Å². The molecule has 0 fully saturated rings. The number of rotatable bonds is 5. The van der Waals surface area contributed by atoms with Crippen molar-refractivity contribution in [1.29, 1.82) is 0 Å². The lowest BCUT2D eigenvalue weighted by Crippen LogP contribution is -2.22. The van der Waals surface area contributed by atoms with Crippen LogP contribution in [0, 0.1) is 13.8 Å². The SMILES string of the molecule is COc1ccc(Cn2cc(C(=O)Nc3ccc(C)c(C)c3)ccc2=O)cc1. The summed E-state index contributed by atoms with van der Waals surface area (Å²) in [6.45, 7) is 4.41. The molecule has 0 atom stereocenters. The number of carbonyl (C=O) groups is 1. The third-order valence-electron chi connectivity index (χ3n) is 4.52. The standard InChI is InChI=1S/C22H22N2O3/c1-15-4-8-19(12-16(15)2)23-22(26)18-7-11-21(25)24(14-18)13-17-5-9-20(27-3)10-6-17/h4-12,14H,13H2,1-3H3,(H,23,26). The van der Waals surface area contributed by atoms with Crippen LogP contribution in [0.1, 0.15) is 27.0 Å². The van der Waals surface area contributed by atoms with Crippen molar-refractivity contribution < 1.29 is 9.53 Å². The molecule has 0 aliphatic heterocycles. The quantitative estimate of drug-likeness (QED) is 0.751. The number of aromatic nitrogens is 1. The number of nitrogens with one attached hydrogen (secondary N) is 1. The Balaban J connectivity index is 1.80. The zero-order valence-electron chi connectivity index (χ0n) is 15.7. The molecule has 0 saturated heterocycles. The predicted octanol–water partition coefficient (Wildman–Crippen LogP) is 3.77. The van der Waals surface area contributed by atoms with E-state index in [9.17, 15) is 9.59 Å². The lowest BCUT2D eigenvalue weighted by Gasteiger charge is -2.10. The Kier molecular flexibility index (Phi) is 5.41. The first kappa shape index (κ1) is 18.5. The number of pyridine rings is 1. The number of amides is 1. The number of hydrogen-bond acceptors (Lipinski definition) is 3. The van der Waals surface area contributed by atoms with E-state index in [1.165, 1.54) is 16.2 Å². The van der Waals surface area contributed by atoms with Crippen LogP contribution in [0.2, 0.25) is 0 Å². The summed E-state index contributed by atoms with van der Waals surface area (Å²) in [6.07, 6.45) is 1.59. The van der Waals surface area contributed by atoms with Crippen LogP contribution >= 0.6 is 0 Å². The Hall–Kier alpha value is -3.34. The number of benzene rings is 2. The Morgan fingerprint density at radius 1 is 1.00 bits per heavy atom. The van der Waals surface area contributed by atoms with Gasteiger partial charge in [-0.05, 0) is 60.9 Å². The van der Waals surface area contributed by atoms with Gasteiger partial charge in [0.15, 0.2) is 0 Å². The summed E-state index contributed by atoms with van der Waals surface area (Å²) in [4.78, 5) is 24.7. The molecule has 3 aromatic rings. The average molecular weight is 362 g/mol. The van der Waals surface area contributed by atoms with Gasteiger partial charge in [-0.2, -0.15) is 0 Å². The maximum absolute atomic E-state index is 12.6. The first-order chi connectivity index (χ1) is 13.0. The van der Waals surface area contributed by atoms with Gasteiger partial charge in [0.1, 0.15) is 5.75 Å². The van der Waals surface area contributed by atoms with Gasteiger partial charge in [0.2, 0.25) is 0 Å². The summed E-state index contributed by atoms with van der Waals surface area (Å²) < 4.78 is 6.67. The lowest BCUT2D eigenvalue weighted by molar-refractivity contribution is 0.102. The molecule has 0 spiro atoms. The Morgan fingerprint density at radius 2 is 1.74 bits per heavy atom. The molecule has 1 N–H and O–H groups in total. The average Bonchev–Trinajstić information content (AvgIpc) is 2.67. The van der Waals surface area contributed by atoms with Gasteiger partial charge in [0.05, 0.1) is 19.2 Å². The van der Waals surface area contributed by atoms with E-state index in [2.05, 4.69) is 5.32 Å². The van der Waals surface area contributed by atoms with E-state index in [0.29, 0.717) is 12.1 Å². The Morgan fingerprint density at radius 3 is 2.41 bits per heavy atom. The number of carbonyl (C=O) groups excluding carboxylic acids is 1.